The first-order valence-electron chi connectivity index (χ1n) is 11.9. The Hall–Kier alpha value is -4.45. The van der Waals surface area contributed by atoms with E-state index < -0.39 is 0 Å². The summed E-state index contributed by atoms with van der Waals surface area (Å²) in [7, 11) is 4.14. The number of benzene rings is 2. The molecule has 0 fully saturated rings. The lowest BCUT2D eigenvalue weighted by Crippen LogP contribution is -2.11. The van der Waals surface area contributed by atoms with Gasteiger partial charge in [-0.3, -0.25) is 10.1 Å². The van der Waals surface area contributed by atoms with Crippen molar-refractivity contribution in [3.63, 3.8) is 0 Å². The van der Waals surface area contributed by atoms with Crippen molar-refractivity contribution >= 4 is 27.4 Å². The number of rotatable bonds is 4. The Kier molecular flexibility index (Phi) is 5.29. The van der Waals surface area contributed by atoms with E-state index in [1.54, 1.807) is 18.5 Å². The minimum absolute atomic E-state index is 0.269. The van der Waals surface area contributed by atoms with Gasteiger partial charge in [-0.25, -0.2) is 4.39 Å². The van der Waals surface area contributed by atoms with Gasteiger partial charge in [-0.15, -0.1) is 0 Å². The number of pyridine rings is 1. The number of hydrogen-bond donors (Lipinski definition) is 2. The maximum atomic E-state index is 13.9. The molecule has 0 radical (unpaired) electrons. The normalized spacial score (nSPS) is 14.1. The summed E-state index contributed by atoms with van der Waals surface area (Å²) >= 11 is 0. The van der Waals surface area contributed by atoms with Crippen LogP contribution in [0.2, 0.25) is 0 Å². The lowest BCUT2D eigenvalue weighted by atomic mass is 10.0. The summed E-state index contributed by atoms with van der Waals surface area (Å²) in [6.45, 7) is 4.23. The second-order valence-corrected chi connectivity index (χ2v) is 9.49. The first-order valence-corrected chi connectivity index (χ1v) is 11.9. The summed E-state index contributed by atoms with van der Waals surface area (Å²) in [5, 5.41) is 9.82. The van der Waals surface area contributed by atoms with Crippen LogP contribution in [0, 0.1) is 5.82 Å². The van der Waals surface area contributed by atoms with Crippen molar-refractivity contribution in [1.29, 1.82) is 0 Å². The predicted molar refractivity (Wildman–Crippen MR) is 145 cm³/mol. The molecule has 3 heterocycles. The third kappa shape index (κ3) is 3.90. The predicted octanol–water partition coefficient (Wildman–Crippen LogP) is 7.09. The van der Waals surface area contributed by atoms with Gasteiger partial charge in [0.05, 0.1) is 22.9 Å². The van der Waals surface area contributed by atoms with Gasteiger partial charge < -0.3 is 9.88 Å². The van der Waals surface area contributed by atoms with Gasteiger partial charge in [0, 0.05) is 48.7 Å². The zero-order chi connectivity index (χ0) is 24.8. The van der Waals surface area contributed by atoms with Crippen LogP contribution in [-0.4, -0.2) is 39.2 Å². The van der Waals surface area contributed by atoms with Crippen molar-refractivity contribution in [3.8, 4) is 22.5 Å². The smallest absolute Gasteiger partial charge is 0.123 e. The quantitative estimate of drug-likeness (QED) is 0.273. The summed E-state index contributed by atoms with van der Waals surface area (Å²) in [4.78, 5) is 10.0. The zero-order valence-corrected chi connectivity index (χ0v) is 20.3. The third-order valence-electron chi connectivity index (χ3n) is 6.77. The number of nitrogens with one attached hydrogen (secondary N) is 2. The van der Waals surface area contributed by atoms with E-state index >= 15 is 0 Å². The molecule has 1 aliphatic carbocycles. The SMILES string of the molecule is C=C1CC=C(c2ccc3[nH]nc(-c4cc5c(-c6cccc(F)c6)cncc5[nH]4)c3c2)C=C(N(C)C)C1. The molecule has 178 valence electrons. The molecule has 1 aliphatic rings. The molecule has 0 saturated carbocycles. The zero-order valence-electron chi connectivity index (χ0n) is 20.3. The number of aromatic amines is 2. The number of allylic oxidation sites excluding steroid dienone is 4. The van der Waals surface area contributed by atoms with Gasteiger partial charge in [-0.05, 0) is 59.5 Å². The van der Waals surface area contributed by atoms with E-state index in [0.29, 0.717) is 0 Å². The van der Waals surface area contributed by atoms with Crippen LogP contribution in [0.1, 0.15) is 18.4 Å². The van der Waals surface area contributed by atoms with E-state index in [0.717, 1.165) is 62.7 Å². The van der Waals surface area contributed by atoms with Gasteiger partial charge in [0.25, 0.3) is 0 Å². The molecule has 0 spiro atoms. The van der Waals surface area contributed by atoms with Crippen LogP contribution in [0.4, 0.5) is 4.39 Å². The molecule has 0 bridgehead atoms. The summed E-state index contributed by atoms with van der Waals surface area (Å²) < 4.78 is 13.9. The van der Waals surface area contributed by atoms with E-state index in [1.807, 2.05) is 6.07 Å². The largest absolute Gasteiger partial charge is 0.381 e. The highest BCUT2D eigenvalue weighted by Gasteiger charge is 2.16. The van der Waals surface area contributed by atoms with E-state index in [1.165, 1.54) is 29.0 Å². The Morgan fingerprint density at radius 1 is 0.972 bits per heavy atom. The highest BCUT2D eigenvalue weighted by molar-refractivity contribution is 6.01. The molecular formula is C30H26FN5. The maximum Gasteiger partial charge on any atom is 0.123 e. The molecule has 0 saturated heterocycles. The summed E-state index contributed by atoms with van der Waals surface area (Å²) in [6.07, 6.45) is 9.80. The van der Waals surface area contributed by atoms with Crippen molar-refractivity contribution in [3.05, 3.63) is 102 Å². The number of fused-ring (bicyclic) bond motifs is 2. The highest BCUT2D eigenvalue weighted by atomic mass is 19.1. The Balaban J connectivity index is 1.46. The maximum absolute atomic E-state index is 13.9. The first kappa shape index (κ1) is 22.0. The monoisotopic (exact) mass is 475 g/mol. The van der Waals surface area contributed by atoms with Crippen molar-refractivity contribution in [1.82, 2.24) is 25.1 Å². The van der Waals surface area contributed by atoms with E-state index in [2.05, 4.69) is 82.2 Å². The third-order valence-corrected chi connectivity index (χ3v) is 6.77. The van der Waals surface area contributed by atoms with Gasteiger partial charge in [-0.2, -0.15) is 5.10 Å². The molecule has 0 aliphatic heterocycles. The summed E-state index contributed by atoms with van der Waals surface area (Å²) in [5.41, 5.74) is 9.99. The first-order chi connectivity index (χ1) is 17.5. The van der Waals surface area contributed by atoms with Crippen LogP contribution in [0.5, 0.6) is 0 Å². The number of H-pyrrole nitrogens is 2. The van der Waals surface area contributed by atoms with Crippen LogP contribution in [-0.2, 0) is 0 Å². The van der Waals surface area contributed by atoms with Gasteiger partial charge in [-0.1, -0.05) is 36.4 Å². The van der Waals surface area contributed by atoms with Gasteiger partial charge in [0.1, 0.15) is 11.5 Å². The van der Waals surface area contributed by atoms with Gasteiger partial charge in [0.2, 0.25) is 0 Å². The highest BCUT2D eigenvalue weighted by Crippen LogP contribution is 2.35. The van der Waals surface area contributed by atoms with Crippen molar-refractivity contribution < 1.29 is 4.39 Å². The van der Waals surface area contributed by atoms with Gasteiger partial charge in [0.15, 0.2) is 0 Å². The molecule has 0 atom stereocenters. The Morgan fingerprint density at radius 2 is 1.86 bits per heavy atom. The molecule has 5 nitrogen and oxygen atoms in total. The van der Waals surface area contributed by atoms with E-state index in [9.17, 15) is 4.39 Å². The molecular weight excluding hydrogens is 449 g/mol. The number of aromatic nitrogens is 4. The van der Waals surface area contributed by atoms with Crippen LogP contribution < -0.4 is 0 Å². The van der Waals surface area contributed by atoms with Crippen LogP contribution in [0.3, 0.4) is 0 Å². The number of halogens is 1. The van der Waals surface area contributed by atoms with Crippen molar-refractivity contribution in [2.75, 3.05) is 14.1 Å². The van der Waals surface area contributed by atoms with Crippen molar-refractivity contribution in [2.24, 2.45) is 0 Å². The average molecular weight is 476 g/mol. The fraction of sp³-hybridized carbons (Fsp3) is 0.133. The number of hydrogen-bond acceptors (Lipinski definition) is 3. The average Bonchev–Trinajstić information content (AvgIpc) is 3.43. The molecule has 2 N–H and O–H groups in total. The second-order valence-electron chi connectivity index (χ2n) is 9.49. The molecule has 0 amide bonds. The van der Waals surface area contributed by atoms with E-state index in [4.69, 9.17) is 0 Å². The minimum Gasteiger partial charge on any atom is -0.381 e. The summed E-state index contributed by atoms with van der Waals surface area (Å²) in [5.74, 6) is -0.269. The molecule has 0 unspecified atom stereocenters. The number of nitrogens with zero attached hydrogens (tertiary/aromatic N) is 3. The Bertz CT molecular complexity index is 1700. The lowest BCUT2D eigenvalue weighted by molar-refractivity contribution is 0.498. The molecule has 3 aromatic heterocycles. The molecule has 6 rings (SSSR count). The molecule has 5 aromatic rings. The standard InChI is InChI=1S/C30H26FN5/c1-18-7-8-19(13-23(11-18)36(2)3)20-9-10-27-25(14-20)30(35-34-27)28-15-24-26(16-32-17-29(24)33-28)21-5-4-6-22(31)12-21/h4-6,8-10,12-17,33H,1,7,11H2,2-3H3,(H,34,35). The Morgan fingerprint density at radius 3 is 2.69 bits per heavy atom. The van der Waals surface area contributed by atoms with Gasteiger partial charge >= 0.3 is 0 Å². The molecule has 36 heavy (non-hydrogen) atoms. The second kappa shape index (κ2) is 8.64. The molecule has 6 heteroatoms. The topological polar surface area (TPSA) is 60.6 Å². The lowest BCUT2D eigenvalue weighted by Gasteiger charge is -2.17. The fourth-order valence-corrected chi connectivity index (χ4v) is 4.82. The van der Waals surface area contributed by atoms with Crippen molar-refractivity contribution in [2.45, 2.75) is 12.8 Å². The van der Waals surface area contributed by atoms with E-state index in [-0.39, 0.29) is 5.82 Å². The van der Waals surface area contributed by atoms with Crippen LogP contribution >= 0.6 is 0 Å². The summed E-state index contributed by atoms with van der Waals surface area (Å²) in [6, 6.07) is 15.1. The fourth-order valence-electron chi connectivity index (χ4n) is 4.82. The van der Waals surface area contributed by atoms with Crippen LogP contribution in [0.15, 0.2) is 90.9 Å². The minimum atomic E-state index is -0.269. The van der Waals surface area contributed by atoms with Crippen LogP contribution in [0.25, 0.3) is 49.9 Å². The molecule has 2 aromatic carbocycles. The Labute approximate surface area is 208 Å².